The van der Waals surface area contributed by atoms with Crippen LogP contribution in [0.15, 0.2) is 47.2 Å². The third kappa shape index (κ3) is 2.68. The number of halogens is 2. The summed E-state index contributed by atoms with van der Waals surface area (Å²) in [5, 5.41) is 2.48. The minimum atomic E-state index is -0.562. The van der Waals surface area contributed by atoms with Gasteiger partial charge >= 0.3 is 0 Å². The lowest BCUT2D eigenvalue weighted by atomic mass is 10.2. The lowest BCUT2D eigenvalue weighted by Gasteiger charge is -2.06. The molecular formula is C12H8BrFN2O. The van der Waals surface area contributed by atoms with Crippen LogP contribution >= 0.6 is 15.9 Å². The highest BCUT2D eigenvalue weighted by molar-refractivity contribution is 9.10. The van der Waals surface area contributed by atoms with E-state index < -0.39 is 5.82 Å². The molecule has 86 valence electrons. The highest BCUT2D eigenvalue weighted by Crippen LogP contribution is 2.18. The van der Waals surface area contributed by atoms with Crippen LogP contribution in [-0.2, 0) is 0 Å². The molecule has 1 amide bonds. The number of amides is 1. The van der Waals surface area contributed by atoms with Crippen molar-refractivity contribution in [1.82, 2.24) is 4.98 Å². The van der Waals surface area contributed by atoms with E-state index in [0.29, 0.717) is 10.0 Å². The Labute approximate surface area is 106 Å². The molecule has 0 spiro atoms. The van der Waals surface area contributed by atoms with E-state index in [1.165, 1.54) is 12.3 Å². The maximum absolute atomic E-state index is 13.3. The molecule has 1 aromatic heterocycles. The Morgan fingerprint density at radius 2 is 2.06 bits per heavy atom. The van der Waals surface area contributed by atoms with E-state index in [9.17, 15) is 9.18 Å². The Morgan fingerprint density at radius 1 is 1.29 bits per heavy atom. The van der Waals surface area contributed by atoms with Gasteiger partial charge in [-0.15, -0.1) is 0 Å². The first-order valence-electron chi connectivity index (χ1n) is 4.84. The lowest BCUT2D eigenvalue weighted by Crippen LogP contribution is -2.13. The SMILES string of the molecule is O=C(Nc1ccncc1F)c1ccccc1Br. The molecule has 0 fully saturated rings. The summed E-state index contributed by atoms with van der Waals surface area (Å²) in [7, 11) is 0. The molecule has 0 atom stereocenters. The third-order valence-corrected chi connectivity index (χ3v) is 2.83. The number of carbonyl (C=O) groups excluding carboxylic acids is 1. The number of nitrogens with one attached hydrogen (secondary N) is 1. The monoisotopic (exact) mass is 294 g/mol. The lowest BCUT2D eigenvalue weighted by molar-refractivity contribution is 0.102. The second-order valence-electron chi connectivity index (χ2n) is 3.29. The summed E-state index contributed by atoms with van der Waals surface area (Å²) in [5.74, 6) is -0.935. The van der Waals surface area contributed by atoms with Crippen molar-refractivity contribution < 1.29 is 9.18 Å². The second-order valence-corrected chi connectivity index (χ2v) is 4.14. The van der Waals surface area contributed by atoms with Crippen molar-refractivity contribution >= 4 is 27.5 Å². The van der Waals surface area contributed by atoms with Crippen LogP contribution in [0.2, 0.25) is 0 Å². The fourth-order valence-corrected chi connectivity index (χ4v) is 1.78. The average molecular weight is 295 g/mol. The summed E-state index contributed by atoms with van der Waals surface area (Å²) in [6.45, 7) is 0. The Hall–Kier alpha value is -1.75. The summed E-state index contributed by atoms with van der Waals surface area (Å²) in [5.41, 5.74) is 0.560. The molecular weight excluding hydrogens is 287 g/mol. The van der Waals surface area contributed by atoms with Gasteiger partial charge in [-0.3, -0.25) is 9.78 Å². The minimum Gasteiger partial charge on any atom is -0.319 e. The Bertz CT molecular complexity index is 560. The predicted octanol–water partition coefficient (Wildman–Crippen LogP) is 3.24. The molecule has 0 saturated carbocycles. The highest BCUT2D eigenvalue weighted by atomic mass is 79.9. The van der Waals surface area contributed by atoms with Gasteiger partial charge in [0.2, 0.25) is 0 Å². The van der Waals surface area contributed by atoms with Crippen LogP contribution in [0.25, 0.3) is 0 Å². The molecule has 1 N–H and O–H groups in total. The summed E-state index contributed by atoms with van der Waals surface area (Å²) in [6.07, 6.45) is 2.47. The van der Waals surface area contributed by atoms with Crippen LogP contribution in [0.3, 0.4) is 0 Å². The van der Waals surface area contributed by atoms with Gasteiger partial charge in [-0.05, 0) is 34.1 Å². The van der Waals surface area contributed by atoms with Crippen LogP contribution in [0, 0.1) is 5.82 Å². The summed E-state index contributed by atoms with van der Waals surface area (Å²) >= 11 is 3.26. The van der Waals surface area contributed by atoms with Gasteiger partial charge in [0.1, 0.15) is 0 Å². The summed E-state index contributed by atoms with van der Waals surface area (Å²) in [6, 6.07) is 8.34. The number of benzene rings is 1. The van der Waals surface area contributed by atoms with Gasteiger partial charge in [-0.2, -0.15) is 0 Å². The predicted molar refractivity (Wildman–Crippen MR) is 66.3 cm³/mol. The van der Waals surface area contributed by atoms with Crippen molar-refractivity contribution in [2.75, 3.05) is 5.32 Å². The van der Waals surface area contributed by atoms with Gasteiger partial charge in [0.15, 0.2) is 5.82 Å². The number of anilines is 1. The normalized spacial score (nSPS) is 10.0. The zero-order valence-electron chi connectivity index (χ0n) is 8.65. The minimum absolute atomic E-state index is 0.112. The number of pyridine rings is 1. The van der Waals surface area contributed by atoms with Crippen LogP contribution < -0.4 is 5.32 Å². The van der Waals surface area contributed by atoms with Gasteiger partial charge in [-0.25, -0.2) is 4.39 Å². The van der Waals surface area contributed by atoms with E-state index >= 15 is 0 Å². The van der Waals surface area contributed by atoms with Crippen LogP contribution in [-0.4, -0.2) is 10.9 Å². The van der Waals surface area contributed by atoms with Gasteiger partial charge in [0.05, 0.1) is 17.4 Å². The topological polar surface area (TPSA) is 42.0 Å². The number of carbonyl (C=O) groups is 1. The molecule has 0 saturated heterocycles. The van der Waals surface area contributed by atoms with Gasteiger partial charge < -0.3 is 5.32 Å². The first-order valence-corrected chi connectivity index (χ1v) is 5.63. The molecule has 0 aliphatic carbocycles. The standard InChI is InChI=1S/C12H8BrFN2O/c13-9-4-2-1-3-8(9)12(17)16-11-5-6-15-7-10(11)14/h1-7H,(H,15,16,17). The van der Waals surface area contributed by atoms with Crippen molar-refractivity contribution in [2.45, 2.75) is 0 Å². The van der Waals surface area contributed by atoms with Gasteiger partial charge in [0, 0.05) is 10.7 Å². The number of aromatic nitrogens is 1. The number of nitrogens with zero attached hydrogens (tertiary/aromatic N) is 1. The van der Waals surface area contributed by atoms with Crippen molar-refractivity contribution in [3.05, 3.63) is 58.6 Å². The molecule has 0 aliphatic heterocycles. The molecule has 0 unspecified atom stereocenters. The average Bonchev–Trinajstić information content (AvgIpc) is 2.32. The van der Waals surface area contributed by atoms with E-state index in [2.05, 4.69) is 26.2 Å². The van der Waals surface area contributed by atoms with Crippen LogP contribution in [0.1, 0.15) is 10.4 Å². The molecule has 17 heavy (non-hydrogen) atoms. The molecule has 0 radical (unpaired) electrons. The number of hydrogen-bond donors (Lipinski definition) is 1. The maximum Gasteiger partial charge on any atom is 0.256 e. The zero-order valence-corrected chi connectivity index (χ0v) is 10.2. The van der Waals surface area contributed by atoms with E-state index in [4.69, 9.17) is 0 Å². The van der Waals surface area contributed by atoms with Crippen molar-refractivity contribution in [1.29, 1.82) is 0 Å². The Kier molecular flexibility index (Phi) is 3.49. The summed E-state index contributed by atoms with van der Waals surface area (Å²) < 4.78 is 13.9. The van der Waals surface area contributed by atoms with E-state index in [-0.39, 0.29) is 11.6 Å². The van der Waals surface area contributed by atoms with Crippen LogP contribution in [0.4, 0.5) is 10.1 Å². The fraction of sp³-hybridized carbons (Fsp3) is 0. The Balaban J connectivity index is 2.24. The van der Waals surface area contributed by atoms with Gasteiger partial charge in [0.25, 0.3) is 5.91 Å². The van der Waals surface area contributed by atoms with Crippen LogP contribution in [0.5, 0.6) is 0 Å². The summed E-state index contributed by atoms with van der Waals surface area (Å²) in [4.78, 5) is 15.5. The second kappa shape index (κ2) is 5.05. The highest BCUT2D eigenvalue weighted by Gasteiger charge is 2.11. The molecule has 5 heteroatoms. The van der Waals surface area contributed by atoms with Crippen molar-refractivity contribution in [3.8, 4) is 0 Å². The zero-order chi connectivity index (χ0) is 12.3. The largest absolute Gasteiger partial charge is 0.319 e. The Morgan fingerprint density at radius 3 is 2.76 bits per heavy atom. The van der Waals surface area contributed by atoms with E-state index in [0.717, 1.165) is 6.20 Å². The smallest absolute Gasteiger partial charge is 0.256 e. The van der Waals surface area contributed by atoms with E-state index in [1.54, 1.807) is 24.3 Å². The first-order chi connectivity index (χ1) is 8.18. The molecule has 2 aromatic rings. The third-order valence-electron chi connectivity index (χ3n) is 2.14. The fourth-order valence-electron chi connectivity index (χ4n) is 1.31. The molecule has 3 nitrogen and oxygen atoms in total. The molecule has 1 aromatic carbocycles. The van der Waals surface area contributed by atoms with Crippen molar-refractivity contribution in [2.24, 2.45) is 0 Å². The molecule has 2 rings (SSSR count). The quantitative estimate of drug-likeness (QED) is 0.924. The first kappa shape index (κ1) is 11.7. The van der Waals surface area contributed by atoms with Crippen molar-refractivity contribution in [3.63, 3.8) is 0 Å². The van der Waals surface area contributed by atoms with Gasteiger partial charge in [-0.1, -0.05) is 12.1 Å². The maximum atomic E-state index is 13.3. The number of hydrogen-bond acceptors (Lipinski definition) is 2. The number of rotatable bonds is 2. The molecule has 0 aliphatic rings. The molecule has 0 bridgehead atoms. The van der Waals surface area contributed by atoms with E-state index in [1.807, 2.05) is 0 Å². The molecule has 1 heterocycles.